The van der Waals surface area contributed by atoms with E-state index in [9.17, 15) is 35.1 Å². The number of methoxy groups -OCH3 is 5. The molecule has 0 spiro atoms. The van der Waals surface area contributed by atoms with E-state index in [1.165, 1.54) is 66.3 Å². The van der Waals surface area contributed by atoms with Crippen molar-refractivity contribution >= 4 is 11.6 Å². The Kier molecular flexibility index (Phi) is 57.3. The van der Waals surface area contributed by atoms with E-state index in [4.69, 9.17) is 65.8 Å². The minimum absolute atomic E-state index is 0.00208. The summed E-state index contributed by atoms with van der Waals surface area (Å²) in [5.74, 6) is 7.97. The van der Waals surface area contributed by atoms with Gasteiger partial charge in [0.15, 0.2) is 0 Å². The van der Waals surface area contributed by atoms with Crippen LogP contribution in [0, 0.1) is 69.7 Å². The Balaban J connectivity index is 0.000000750. The minimum atomic E-state index is -4.30. The summed E-state index contributed by atoms with van der Waals surface area (Å²) in [6.07, 6.45) is 2.78. The maximum Gasteiger partial charge on any atom is 0.416 e. The van der Waals surface area contributed by atoms with Crippen LogP contribution in [-0.2, 0) is 6.18 Å². The van der Waals surface area contributed by atoms with E-state index in [0.29, 0.717) is 93.3 Å². The molecule has 0 aliphatic carbocycles. The number of hydrogen-bond donors (Lipinski definition) is 0. The van der Waals surface area contributed by atoms with Crippen LogP contribution in [-0.4, -0.2) is 75.3 Å². The van der Waals surface area contributed by atoms with Crippen molar-refractivity contribution in [3.05, 3.63) is 318 Å². The van der Waals surface area contributed by atoms with Crippen molar-refractivity contribution in [2.24, 2.45) is 0 Å². The molecule has 0 N–H and O–H groups in total. The number of hydrogen-bond acceptors (Lipinski definition) is 16. The van der Waals surface area contributed by atoms with Gasteiger partial charge in [-0.05, 0) is 300 Å². The van der Waals surface area contributed by atoms with Gasteiger partial charge in [-0.15, -0.1) is 0 Å². The van der Waals surface area contributed by atoms with Crippen LogP contribution in [0.5, 0.6) is 46.1 Å². The van der Waals surface area contributed by atoms with Crippen molar-refractivity contribution in [1.82, 2.24) is 19.9 Å². The van der Waals surface area contributed by atoms with Gasteiger partial charge in [0.25, 0.3) is 0 Å². The average molecular weight is 1900 g/mol. The molecule has 0 radical (unpaired) electrons. The van der Waals surface area contributed by atoms with Crippen LogP contribution in [0.25, 0.3) is 0 Å². The second-order valence-corrected chi connectivity index (χ2v) is 34.4. The summed E-state index contributed by atoms with van der Waals surface area (Å²) in [5.41, 5.74) is 13.9. The second-order valence-electron chi connectivity index (χ2n) is 34.0. The first-order valence-electron chi connectivity index (χ1n) is 45.1. The van der Waals surface area contributed by atoms with Crippen molar-refractivity contribution in [3.8, 4) is 70.4 Å². The molecule has 0 saturated heterocycles. The highest BCUT2D eigenvalue weighted by atomic mass is 35.5. The van der Waals surface area contributed by atoms with E-state index in [2.05, 4.69) is 133 Å². The lowest BCUT2D eigenvalue weighted by Crippen LogP contribution is -2.06. The Morgan fingerprint density at radius 3 is 1.10 bits per heavy atom. The lowest BCUT2D eigenvalue weighted by atomic mass is 9.96. The van der Waals surface area contributed by atoms with Crippen LogP contribution in [0.2, 0.25) is 5.02 Å². The third-order valence-electron chi connectivity index (χ3n) is 19.8. The van der Waals surface area contributed by atoms with Gasteiger partial charge in [0.05, 0.1) is 99.9 Å². The fraction of sp³-hybridized carbons (Fsp3) is 0.405. The van der Waals surface area contributed by atoms with Crippen LogP contribution in [0.1, 0.15) is 326 Å². The SMILES string of the molecule is CC(C)c1cc(F)ccc1OC(F)F.CC(C)c1ccccn1.CC(C)c1ccncc1.CCOc1ccc(C#N)cc1C(C)C.CCOc1ccc(F)cc1C(C)C.COc1ccc(C#N)cc1C(C)C.COc1ccc(C#N)nc1C(C)C.COc1ccc(C(F)(F)F)cc1C(C)C.COc1ccc(F)cc1C(C)C.COc1ncc(Cl)cc1C(C)C.Cc1ccc(C#N)cc1C(C)C. The van der Waals surface area contributed by atoms with E-state index in [1.807, 2.05) is 173 Å². The van der Waals surface area contributed by atoms with Crippen molar-refractivity contribution in [2.45, 2.75) is 251 Å². The summed E-state index contributed by atoms with van der Waals surface area (Å²) in [6.45, 7) is 49.1. The van der Waals surface area contributed by atoms with E-state index < -0.39 is 24.2 Å². The molecule has 0 amide bonds. The van der Waals surface area contributed by atoms with Crippen molar-refractivity contribution in [2.75, 3.05) is 48.8 Å². The van der Waals surface area contributed by atoms with Crippen LogP contribution in [0.4, 0.5) is 35.1 Å². The number of aromatic nitrogens is 4. The first kappa shape index (κ1) is 121. The summed E-state index contributed by atoms with van der Waals surface area (Å²) in [6, 6.07) is 57.0. The summed E-state index contributed by atoms with van der Waals surface area (Å²) in [5, 5.41) is 35.5. The Morgan fingerprint density at radius 1 is 0.360 bits per heavy atom. The molecule has 11 rings (SSSR count). The summed E-state index contributed by atoms with van der Waals surface area (Å²) in [4.78, 5) is 16.3. The smallest absolute Gasteiger partial charge is 0.416 e. The molecule has 4 aromatic heterocycles. The van der Waals surface area contributed by atoms with Crippen LogP contribution in [0.15, 0.2) is 201 Å². The molecule has 11 aromatic rings. The average Bonchev–Trinajstić information content (AvgIpc) is 0.816. The normalized spacial score (nSPS) is 10.4. The standard InChI is InChI=1S/C12H15NO.C11H13F3O.C11H15FO.C11H13NO.C11H13N.C10H11F3O.C10H13FO.C10H12N2O.C9H12ClNO.2C8H11N/c1-4-14-12-6-5-10(8-13)7-11(12)9(2)3;1-7(2)9-6-8(11(12,13)14)4-5-10(9)15-3;1-4-13-11-6-5-9(12)7-10(11)8(2)3;1-8(2)10-6-9(7-12)4-5-11(10)13-3;1-8(2)11-6-10(7-12)5-4-9(11)3;1-6(2)8-5-7(11)3-4-9(8)14-10(12)13;1-7(2)9-6-8(11)4-5-10(9)12-3;1-7(2)10-9(13-3)5-4-8(6-11)12-10;1-6(2)8-4-7(10)5-11-9(8)12-3;1-7(2)8-3-5-9-6-4-8;1-7(2)8-5-3-4-6-9-8/h5-7,9H,4H2,1-3H3;4-7H,1-3H3;5-8H,4H2,1-3H3;4-6,8H,1-3H3;4-6,8H,1-3H3;3-6,10H,1-2H3;4-7H,1-3H3;4-5,7H,1-3H3;4-6H,1-3H3;2*3-7H,1-2H3. The number of pyridine rings is 4. The molecule has 4 heterocycles. The monoisotopic (exact) mass is 1900 g/mol. The van der Waals surface area contributed by atoms with Crippen molar-refractivity contribution in [3.63, 3.8) is 0 Å². The highest BCUT2D eigenvalue weighted by molar-refractivity contribution is 6.30. The molecule has 7 aromatic carbocycles. The van der Waals surface area contributed by atoms with Crippen LogP contribution in [0.3, 0.4) is 0 Å². The summed E-state index contributed by atoms with van der Waals surface area (Å²) < 4.78 is 140. The number of alkyl halides is 5. The van der Waals surface area contributed by atoms with Crippen molar-refractivity contribution in [1.29, 1.82) is 21.0 Å². The Bertz CT molecular complexity index is 5310. The fourth-order valence-corrected chi connectivity index (χ4v) is 12.7. The third kappa shape index (κ3) is 44.6. The number of aryl methyl sites for hydroxylation is 1. The highest BCUT2D eigenvalue weighted by Crippen LogP contribution is 2.37. The molecule has 136 heavy (non-hydrogen) atoms. The Morgan fingerprint density at radius 2 is 0.735 bits per heavy atom. The van der Waals surface area contributed by atoms with Gasteiger partial charge in [-0.3, -0.25) is 9.97 Å². The first-order chi connectivity index (χ1) is 64.1. The zero-order valence-corrected chi connectivity index (χ0v) is 85.4. The molecule has 16 nitrogen and oxygen atoms in total. The molecular weight excluding hydrogens is 1760 g/mol. The van der Waals surface area contributed by atoms with Crippen LogP contribution >= 0.6 is 11.6 Å². The molecule has 25 heteroatoms. The molecule has 0 aliphatic rings. The second kappa shape index (κ2) is 64.2. The maximum absolute atomic E-state index is 12.9. The highest BCUT2D eigenvalue weighted by Gasteiger charge is 2.31. The first-order valence-corrected chi connectivity index (χ1v) is 45.5. The van der Waals surface area contributed by atoms with E-state index in [0.717, 1.165) is 91.7 Å². The zero-order chi connectivity index (χ0) is 103. The number of rotatable bonds is 22. The van der Waals surface area contributed by atoms with Gasteiger partial charge in [-0.25, -0.2) is 23.1 Å². The summed E-state index contributed by atoms with van der Waals surface area (Å²) in [7, 11) is 7.91. The number of halogens is 9. The van der Waals surface area contributed by atoms with Gasteiger partial charge >= 0.3 is 12.8 Å². The van der Waals surface area contributed by atoms with Crippen LogP contribution < -0.4 is 37.9 Å². The molecular formula is C111H139ClF8N8O8. The fourth-order valence-electron chi connectivity index (χ4n) is 12.5. The molecule has 0 aliphatic heterocycles. The molecule has 734 valence electrons. The molecule has 0 saturated carbocycles. The number of nitriles is 4. The van der Waals surface area contributed by atoms with Crippen molar-refractivity contribution < 1.29 is 73.0 Å². The van der Waals surface area contributed by atoms with Gasteiger partial charge in [-0.2, -0.15) is 43.0 Å². The minimum Gasteiger partial charge on any atom is -0.496 e. The predicted octanol–water partition coefficient (Wildman–Crippen LogP) is 31.8. The Hall–Kier alpha value is -12.8. The quantitative estimate of drug-likeness (QED) is 0.0576. The Labute approximate surface area is 809 Å². The molecule has 0 unspecified atom stereocenters. The molecule has 0 atom stereocenters. The lowest BCUT2D eigenvalue weighted by molar-refractivity contribution is -0.137. The predicted molar refractivity (Wildman–Crippen MR) is 532 cm³/mol. The van der Waals surface area contributed by atoms with Gasteiger partial charge in [0.2, 0.25) is 5.88 Å². The molecule has 0 bridgehead atoms. The number of benzene rings is 7. The zero-order valence-electron chi connectivity index (χ0n) is 84.6. The van der Waals surface area contributed by atoms with Gasteiger partial charge in [0, 0.05) is 36.0 Å². The maximum atomic E-state index is 12.9. The number of ether oxygens (including phenoxy) is 8. The third-order valence-corrected chi connectivity index (χ3v) is 20.1. The van der Waals surface area contributed by atoms with Gasteiger partial charge in [0.1, 0.15) is 69.5 Å². The largest absolute Gasteiger partial charge is 0.496 e. The van der Waals surface area contributed by atoms with Gasteiger partial charge < -0.3 is 37.9 Å². The summed E-state index contributed by atoms with van der Waals surface area (Å²) >= 11 is 5.80. The lowest BCUT2D eigenvalue weighted by Gasteiger charge is -2.14. The van der Waals surface area contributed by atoms with Gasteiger partial charge in [-0.1, -0.05) is 176 Å². The number of nitrogens with zero attached hydrogens (tertiary/aromatic N) is 8. The molecule has 0 fully saturated rings. The van der Waals surface area contributed by atoms with E-state index in [-0.39, 0.29) is 47.0 Å². The topological polar surface area (TPSA) is 221 Å². The van der Waals surface area contributed by atoms with E-state index >= 15 is 0 Å². The van der Waals surface area contributed by atoms with E-state index in [1.54, 1.807) is 84.9 Å².